The lowest BCUT2D eigenvalue weighted by molar-refractivity contribution is -0.136. The minimum absolute atomic E-state index is 0.0959. The van der Waals surface area contributed by atoms with E-state index in [4.69, 9.17) is 4.74 Å². The minimum Gasteiger partial charge on any atom is -0.456 e. The molecule has 0 spiro atoms. The summed E-state index contributed by atoms with van der Waals surface area (Å²) in [6.07, 6.45) is -1.76. The first-order valence-electron chi connectivity index (χ1n) is 10.5. The number of anilines is 2. The molecule has 10 heteroatoms. The number of carbonyl (C=O) groups is 2. The van der Waals surface area contributed by atoms with Gasteiger partial charge in [-0.2, -0.15) is 13.2 Å². The Balaban J connectivity index is 1.50. The summed E-state index contributed by atoms with van der Waals surface area (Å²) in [6.45, 7) is 0. The molecule has 0 saturated carbocycles. The van der Waals surface area contributed by atoms with Crippen LogP contribution in [0.3, 0.4) is 0 Å². The van der Waals surface area contributed by atoms with Crippen LogP contribution in [-0.4, -0.2) is 16.8 Å². The Labute approximate surface area is 202 Å². The quantitative estimate of drug-likeness (QED) is 0.298. The summed E-state index contributed by atoms with van der Waals surface area (Å²) in [4.78, 5) is 28.8. The van der Waals surface area contributed by atoms with Crippen LogP contribution in [0.2, 0.25) is 0 Å². The lowest BCUT2D eigenvalue weighted by atomic mass is 10.1. The Morgan fingerprint density at radius 3 is 2.22 bits per heavy atom. The number of amides is 2. The number of alkyl halides is 3. The molecule has 6 nitrogen and oxygen atoms in total. The first kappa shape index (κ1) is 24.4. The number of nitrogens with one attached hydrogen (secondary N) is 2. The number of hydrogen-bond donors (Lipinski definition) is 2. The van der Waals surface area contributed by atoms with Gasteiger partial charge in [-0.05, 0) is 66.7 Å². The van der Waals surface area contributed by atoms with Gasteiger partial charge in [0.15, 0.2) is 0 Å². The summed E-state index contributed by atoms with van der Waals surface area (Å²) in [5.74, 6) is -1.62. The van der Waals surface area contributed by atoms with Crippen molar-refractivity contribution in [2.45, 2.75) is 6.18 Å². The third-order valence-corrected chi connectivity index (χ3v) is 4.94. The molecule has 2 amide bonds. The van der Waals surface area contributed by atoms with Crippen molar-refractivity contribution in [1.29, 1.82) is 0 Å². The van der Waals surface area contributed by atoms with Gasteiger partial charge < -0.3 is 15.4 Å². The lowest BCUT2D eigenvalue weighted by Crippen LogP contribution is -2.18. The van der Waals surface area contributed by atoms with Crippen molar-refractivity contribution >= 4 is 23.2 Å². The number of halogens is 4. The molecule has 0 aliphatic rings. The molecule has 0 atom stereocenters. The molecule has 3 aromatic carbocycles. The van der Waals surface area contributed by atoms with Crippen molar-refractivity contribution in [3.8, 4) is 11.5 Å². The Hall–Kier alpha value is -4.73. The summed E-state index contributed by atoms with van der Waals surface area (Å²) in [7, 11) is 0. The van der Waals surface area contributed by atoms with Crippen LogP contribution < -0.4 is 15.4 Å². The average Bonchev–Trinajstić information content (AvgIpc) is 2.85. The zero-order valence-corrected chi connectivity index (χ0v) is 18.3. The van der Waals surface area contributed by atoms with E-state index in [1.165, 1.54) is 54.7 Å². The third-order valence-electron chi connectivity index (χ3n) is 4.94. The van der Waals surface area contributed by atoms with Gasteiger partial charge in [-0.3, -0.25) is 14.6 Å². The second-order valence-electron chi connectivity index (χ2n) is 7.46. The van der Waals surface area contributed by atoms with E-state index >= 15 is 0 Å². The van der Waals surface area contributed by atoms with Crippen molar-refractivity contribution in [2.24, 2.45) is 0 Å². The zero-order chi connectivity index (χ0) is 25.7. The molecular weight excluding hydrogens is 478 g/mol. The van der Waals surface area contributed by atoms with Crippen molar-refractivity contribution in [3.63, 3.8) is 0 Å². The number of carbonyl (C=O) groups excluding carboxylic acids is 2. The smallest absolute Gasteiger partial charge is 0.418 e. The van der Waals surface area contributed by atoms with Gasteiger partial charge in [-0.15, -0.1) is 0 Å². The number of hydrogen-bond acceptors (Lipinski definition) is 4. The molecule has 0 saturated heterocycles. The second kappa shape index (κ2) is 10.3. The molecule has 0 fully saturated rings. The number of rotatable bonds is 6. The first-order valence-corrected chi connectivity index (χ1v) is 10.5. The van der Waals surface area contributed by atoms with Gasteiger partial charge in [0, 0.05) is 17.4 Å². The standard InChI is InChI=1S/C26H17F4N3O3/c27-22-6-2-1-5-20(22)25(35)32-17-9-12-23(21(14-17)26(28,29)30)33-24(34)16-7-10-18(11-8-16)36-19-4-3-13-31-15-19/h1-15H,(H,32,35)(H,33,34). The van der Waals surface area contributed by atoms with Crippen LogP contribution in [0.15, 0.2) is 91.3 Å². The molecule has 182 valence electrons. The molecule has 0 radical (unpaired) electrons. The van der Waals surface area contributed by atoms with Crippen molar-refractivity contribution in [1.82, 2.24) is 4.98 Å². The van der Waals surface area contributed by atoms with E-state index in [1.54, 1.807) is 18.3 Å². The average molecular weight is 495 g/mol. The molecule has 2 N–H and O–H groups in total. The molecule has 0 aliphatic heterocycles. The summed E-state index contributed by atoms with van der Waals surface area (Å²) in [5.41, 5.74) is -2.13. The van der Waals surface area contributed by atoms with Crippen molar-refractivity contribution in [2.75, 3.05) is 10.6 Å². The number of pyridine rings is 1. The van der Waals surface area contributed by atoms with Crippen LogP contribution in [0.5, 0.6) is 11.5 Å². The van der Waals surface area contributed by atoms with Gasteiger partial charge in [-0.1, -0.05) is 12.1 Å². The summed E-state index contributed by atoms with van der Waals surface area (Å²) in [6, 6.07) is 17.1. The molecule has 1 heterocycles. The van der Waals surface area contributed by atoms with Gasteiger partial charge >= 0.3 is 6.18 Å². The molecule has 0 aliphatic carbocycles. The van der Waals surface area contributed by atoms with E-state index in [0.717, 1.165) is 12.1 Å². The Morgan fingerprint density at radius 1 is 0.806 bits per heavy atom. The van der Waals surface area contributed by atoms with Crippen molar-refractivity contribution in [3.05, 3.63) is 114 Å². The fourth-order valence-corrected chi connectivity index (χ4v) is 3.22. The number of aromatic nitrogens is 1. The summed E-state index contributed by atoms with van der Waals surface area (Å²) < 4.78 is 60.6. The highest BCUT2D eigenvalue weighted by molar-refractivity contribution is 6.06. The minimum atomic E-state index is -4.84. The van der Waals surface area contributed by atoms with Crippen LogP contribution in [0.4, 0.5) is 28.9 Å². The van der Waals surface area contributed by atoms with E-state index in [0.29, 0.717) is 17.6 Å². The van der Waals surface area contributed by atoms with Crippen LogP contribution in [-0.2, 0) is 6.18 Å². The molecule has 0 unspecified atom stereocenters. The predicted octanol–water partition coefficient (Wildman–Crippen LogP) is 6.54. The second-order valence-corrected chi connectivity index (χ2v) is 7.46. The maximum atomic E-state index is 13.8. The fraction of sp³-hybridized carbons (Fsp3) is 0.0385. The van der Waals surface area contributed by atoms with Gasteiger partial charge in [0.05, 0.1) is 23.0 Å². The highest BCUT2D eigenvalue weighted by atomic mass is 19.4. The molecule has 4 aromatic rings. The van der Waals surface area contributed by atoms with Crippen molar-refractivity contribution < 1.29 is 31.9 Å². The highest BCUT2D eigenvalue weighted by Gasteiger charge is 2.34. The summed E-state index contributed by atoms with van der Waals surface area (Å²) in [5, 5.41) is 4.48. The topological polar surface area (TPSA) is 80.3 Å². The summed E-state index contributed by atoms with van der Waals surface area (Å²) >= 11 is 0. The van der Waals surface area contributed by atoms with Gasteiger partial charge in [0.2, 0.25) is 0 Å². The molecule has 0 bridgehead atoms. The third kappa shape index (κ3) is 5.84. The molecule has 4 rings (SSSR count). The van der Waals surface area contributed by atoms with E-state index in [9.17, 15) is 27.2 Å². The van der Waals surface area contributed by atoms with E-state index < -0.39 is 35.1 Å². The van der Waals surface area contributed by atoms with Crippen LogP contribution >= 0.6 is 0 Å². The normalized spacial score (nSPS) is 11.0. The monoisotopic (exact) mass is 495 g/mol. The lowest BCUT2D eigenvalue weighted by Gasteiger charge is -2.16. The maximum Gasteiger partial charge on any atom is 0.418 e. The van der Waals surface area contributed by atoms with Gasteiger partial charge in [-0.25, -0.2) is 4.39 Å². The zero-order valence-electron chi connectivity index (χ0n) is 18.3. The van der Waals surface area contributed by atoms with Gasteiger partial charge in [0.1, 0.15) is 17.3 Å². The van der Waals surface area contributed by atoms with Crippen LogP contribution in [0.25, 0.3) is 0 Å². The molecule has 1 aromatic heterocycles. The maximum absolute atomic E-state index is 13.8. The fourth-order valence-electron chi connectivity index (χ4n) is 3.22. The number of nitrogens with zero attached hydrogens (tertiary/aromatic N) is 1. The van der Waals surface area contributed by atoms with E-state index in [1.807, 2.05) is 0 Å². The van der Waals surface area contributed by atoms with E-state index in [2.05, 4.69) is 15.6 Å². The first-order chi connectivity index (χ1) is 17.2. The van der Waals surface area contributed by atoms with Gasteiger partial charge in [0.25, 0.3) is 11.8 Å². The largest absolute Gasteiger partial charge is 0.456 e. The Bertz CT molecular complexity index is 1390. The van der Waals surface area contributed by atoms with E-state index in [-0.39, 0.29) is 16.8 Å². The molecular formula is C26H17F4N3O3. The Kier molecular flexibility index (Phi) is 6.95. The van der Waals surface area contributed by atoms with Crippen LogP contribution in [0, 0.1) is 5.82 Å². The Morgan fingerprint density at radius 2 is 1.56 bits per heavy atom. The number of ether oxygens (including phenoxy) is 1. The predicted molar refractivity (Wildman–Crippen MR) is 125 cm³/mol. The van der Waals surface area contributed by atoms with Crippen LogP contribution in [0.1, 0.15) is 26.3 Å². The SMILES string of the molecule is O=C(Nc1ccc(NC(=O)c2ccccc2F)cc1C(F)(F)F)c1ccc(Oc2cccnc2)cc1. The number of benzene rings is 3. The highest BCUT2D eigenvalue weighted by Crippen LogP contribution is 2.37. The molecule has 36 heavy (non-hydrogen) atoms.